The molecule has 0 aliphatic carbocycles. The molecule has 0 aromatic rings. The summed E-state index contributed by atoms with van der Waals surface area (Å²) in [6.45, 7) is 3.22. The molecular formula is C11H19N3O4. The quantitative estimate of drug-likeness (QED) is 0.593. The predicted octanol–water partition coefficient (Wildman–Crippen LogP) is -0.0832. The van der Waals surface area contributed by atoms with Crippen LogP contribution in [0.15, 0.2) is 0 Å². The topological polar surface area (TPSA) is 79.9 Å². The standard InChI is InChI=1S/C11H19N3O4/c1-12-9(15)18-10(16)14-6-7-17-11(8-14)2-4-13-5-3-11/h13H,2-8H2,1H3,(H,12,15). The zero-order valence-electron chi connectivity index (χ0n) is 10.5. The molecule has 2 saturated heterocycles. The summed E-state index contributed by atoms with van der Waals surface area (Å²) in [4.78, 5) is 24.3. The first-order valence-corrected chi connectivity index (χ1v) is 6.18. The molecule has 2 amide bonds. The number of alkyl carbamates (subject to hydrolysis) is 1. The summed E-state index contributed by atoms with van der Waals surface area (Å²) < 4.78 is 10.5. The minimum Gasteiger partial charge on any atom is -0.371 e. The SMILES string of the molecule is CNC(=O)OC(=O)N1CCOC2(CCNCC2)C1. The second kappa shape index (κ2) is 5.53. The second-order valence-corrected chi connectivity index (χ2v) is 4.61. The van der Waals surface area contributed by atoms with Crippen molar-refractivity contribution < 1.29 is 19.1 Å². The first-order chi connectivity index (χ1) is 8.65. The second-order valence-electron chi connectivity index (χ2n) is 4.61. The monoisotopic (exact) mass is 257 g/mol. The molecule has 2 aliphatic rings. The molecule has 2 fully saturated rings. The van der Waals surface area contributed by atoms with E-state index in [1.54, 1.807) is 4.90 Å². The maximum Gasteiger partial charge on any atom is 0.418 e. The summed E-state index contributed by atoms with van der Waals surface area (Å²) in [7, 11) is 1.42. The van der Waals surface area contributed by atoms with Crippen LogP contribution in [0, 0.1) is 0 Å². The summed E-state index contributed by atoms with van der Waals surface area (Å²) in [6, 6.07) is 0. The lowest BCUT2D eigenvalue weighted by molar-refractivity contribution is -0.116. The highest BCUT2D eigenvalue weighted by Gasteiger charge is 2.40. The van der Waals surface area contributed by atoms with Crippen molar-refractivity contribution >= 4 is 12.2 Å². The third kappa shape index (κ3) is 2.91. The Bertz CT molecular complexity index is 323. The van der Waals surface area contributed by atoms with E-state index >= 15 is 0 Å². The number of amides is 2. The van der Waals surface area contributed by atoms with Crippen LogP contribution in [0.25, 0.3) is 0 Å². The molecule has 2 heterocycles. The van der Waals surface area contributed by atoms with Crippen molar-refractivity contribution in [3.05, 3.63) is 0 Å². The normalized spacial score (nSPS) is 22.6. The molecule has 1 spiro atoms. The fraction of sp³-hybridized carbons (Fsp3) is 0.818. The molecule has 7 nitrogen and oxygen atoms in total. The zero-order chi connectivity index (χ0) is 13.0. The predicted molar refractivity (Wildman–Crippen MR) is 63.3 cm³/mol. The molecular weight excluding hydrogens is 238 g/mol. The number of ether oxygens (including phenoxy) is 2. The molecule has 2 rings (SSSR count). The van der Waals surface area contributed by atoms with Crippen LogP contribution in [-0.2, 0) is 9.47 Å². The minimum absolute atomic E-state index is 0.273. The van der Waals surface area contributed by atoms with Gasteiger partial charge in [-0.25, -0.2) is 9.59 Å². The summed E-state index contributed by atoms with van der Waals surface area (Å²) in [5, 5.41) is 5.52. The van der Waals surface area contributed by atoms with Gasteiger partial charge < -0.3 is 25.0 Å². The van der Waals surface area contributed by atoms with Gasteiger partial charge in [-0.2, -0.15) is 0 Å². The highest BCUT2D eigenvalue weighted by molar-refractivity contribution is 5.83. The Morgan fingerprint density at radius 3 is 2.78 bits per heavy atom. The maximum absolute atomic E-state index is 11.8. The van der Waals surface area contributed by atoms with Crippen molar-refractivity contribution in [2.75, 3.05) is 39.8 Å². The van der Waals surface area contributed by atoms with E-state index in [0.29, 0.717) is 19.7 Å². The summed E-state index contributed by atoms with van der Waals surface area (Å²) >= 11 is 0. The lowest BCUT2D eigenvalue weighted by Gasteiger charge is -2.44. The van der Waals surface area contributed by atoms with Gasteiger partial charge >= 0.3 is 12.2 Å². The van der Waals surface area contributed by atoms with Crippen molar-refractivity contribution in [3.63, 3.8) is 0 Å². The Kier molecular flexibility index (Phi) is 4.03. The van der Waals surface area contributed by atoms with Crippen LogP contribution in [0.3, 0.4) is 0 Å². The number of piperidine rings is 1. The fourth-order valence-electron chi connectivity index (χ4n) is 2.38. The molecule has 102 valence electrons. The van der Waals surface area contributed by atoms with Gasteiger partial charge in [0.2, 0.25) is 0 Å². The number of nitrogens with one attached hydrogen (secondary N) is 2. The van der Waals surface area contributed by atoms with Crippen LogP contribution in [0.4, 0.5) is 9.59 Å². The van der Waals surface area contributed by atoms with E-state index in [0.717, 1.165) is 25.9 Å². The fourth-order valence-corrected chi connectivity index (χ4v) is 2.38. The molecule has 18 heavy (non-hydrogen) atoms. The van der Waals surface area contributed by atoms with E-state index in [-0.39, 0.29) is 5.60 Å². The maximum atomic E-state index is 11.8. The molecule has 7 heteroatoms. The van der Waals surface area contributed by atoms with Crippen LogP contribution in [-0.4, -0.2) is 62.5 Å². The van der Waals surface area contributed by atoms with Gasteiger partial charge in [0.25, 0.3) is 0 Å². The third-order valence-corrected chi connectivity index (χ3v) is 3.41. The molecule has 2 N–H and O–H groups in total. The van der Waals surface area contributed by atoms with Crippen molar-refractivity contribution in [3.8, 4) is 0 Å². The van der Waals surface area contributed by atoms with Crippen molar-refractivity contribution in [2.24, 2.45) is 0 Å². The highest BCUT2D eigenvalue weighted by atomic mass is 16.6. The van der Waals surface area contributed by atoms with Crippen LogP contribution < -0.4 is 10.6 Å². The van der Waals surface area contributed by atoms with E-state index in [1.807, 2.05) is 0 Å². The van der Waals surface area contributed by atoms with Crippen LogP contribution in [0.5, 0.6) is 0 Å². The third-order valence-electron chi connectivity index (χ3n) is 3.41. The number of carbonyl (C=O) groups is 2. The van der Waals surface area contributed by atoms with Gasteiger partial charge in [0.05, 0.1) is 18.8 Å². The van der Waals surface area contributed by atoms with E-state index < -0.39 is 12.2 Å². The van der Waals surface area contributed by atoms with Gasteiger partial charge in [0.1, 0.15) is 0 Å². The molecule has 0 radical (unpaired) electrons. The van der Waals surface area contributed by atoms with Gasteiger partial charge in [0.15, 0.2) is 0 Å². The van der Waals surface area contributed by atoms with Crippen LogP contribution in [0.1, 0.15) is 12.8 Å². The van der Waals surface area contributed by atoms with E-state index in [9.17, 15) is 9.59 Å². The van der Waals surface area contributed by atoms with Crippen molar-refractivity contribution in [1.82, 2.24) is 15.5 Å². The summed E-state index contributed by atoms with van der Waals surface area (Å²) in [5.41, 5.74) is -0.273. The number of carbonyl (C=O) groups excluding carboxylic acids is 2. The molecule has 0 unspecified atom stereocenters. The summed E-state index contributed by atoms with van der Waals surface area (Å²) in [5.74, 6) is 0. The Hall–Kier alpha value is -1.34. The molecule has 0 aromatic heterocycles. The number of rotatable bonds is 0. The van der Waals surface area contributed by atoms with Crippen molar-refractivity contribution in [2.45, 2.75) is 18.4 Å². The largest absolute Gasteiger partial charge is 0.418 e. The van der Waals surface area contributed by atoms with Crippen molar-refractivity contribution in [1.29, 1.82) is 0 Å². The minimum atomic E-state index is -0.731. The Balaban J connectivity index is 1.93. The number of nitrogens with zero attached hydrogens (tertiary/aromatic N) is 1. The van der Waals surface area contributed by atoms with Gasteiger partial charge in [0, 0.05) is 13.6 Å². The molecule has 0 bridgehead atoms. The number of hydrogen-bond donors (Lipinski definition) is 2. The van der Waals surface area contributed by atoms with E-state index in [1.165, 1.54) is 7.05 Å². The Morgan fingerprint density at radius 1 is 1.39 bits per heavy atom. The number of hydrogen-bond acceptors (Lipinski definition) is 5. The Labute approximate surface area is 106 Å². The lowest BCUT2D eigenvalue weighted by Crippen LogP contribution is -2.57. The number of morpholine rings is 1. The molecule has 0 atom stereocenters. The smallest absolute Gasteiger partial charge is 0.371 e. The van der Waals surface area contributed by atoms with Crippen LogP contribution >= 0.6 is 0 Å². The average Bonchev–Trinajstić information content (AvgIpc) is 2.39. The Morgan fingerprint density at radius 2 is 2.11 bits per heavy atom. The van der Waals surface area contributed by atoms with E-state index in [4.69, 9.17) is 4.74 Å². The van der Waals surface area contributed by atoms with Gasteiger partial charge in [-0.3, -0.25) is 0 Å². The zero-order valence-corrected chi connectivity index (χ0v) is 10.5. The van der Waals surface area contributed by atoms with Gasteiger partial charge in [-0.1, -0.05) is 0 Å². The van der Waals surface area contributed by atoms with Gasteiger partial charge in [-0.15, -0.1) is 0 Å². The highest BCUT2D eigenvalue weighted by Crippen LogP contribution is 2.27. The lowest BCUT2D eigenvalue weighted by atomic mass is 9.90. The molecule has 0 saturated carbocycles. The molecule has 0 aromatic carbocycles. The summed E-state index contributed by atoms with van der Waals surface area (Å²) in [6.07, 6.45) is 0.412. The first-order valence-electron chi connectivity index (χ1n) is 6.18. The van der Waals surface area contributed by atoms with Crippen LogP contribution in [0.2, 0.25) is 0 Å². The first kappa shape index (κ1) is 13.1. The van der Waals surface area contributed by atoms with E-state index in [2.05, 4.69) is 15.4 Å². The average molecular weight is 257 g/mol. The molecule has 2 aliphatic heterocycles. The van der Waals surface area contributed by atoms with Gasteiger partial charge in [-0.05, 0) is 25.9 Å².